The van der Waals surface area contributed by atoms with E-state index in [0.29, 0.717) is 6.10 Å². The Balaban J connectivity index is 1.65. The fourth-order valence-corrected chi connectivity index (χ4v) is 3.18. The first-order valence-corrected chi connectivity index (χ1v) is 7.29. The molecule has 0 aromatic rings. The summed E-state index contributed by atoms with van der Waals surface area (Å²) in [6, 6.07) is 0. The van der Waals surface area contributed by atoms with Gasteiger partial charge in [0.1, 0.15) is 0 Å². The normalized spacial score (nSPS) is 26.5. The van der Waals surface area contributed by atoms with E-state index in [1.54, 1.807) is 0 Å². The molecule has 2 fully saturated rings. The van der Waals surface area contributed by atoms with Crippen LogP contribution in [0.15, 0.2) is 0 Å². The molecule has 0 unspecified atom stereocenters. The Kier molecular flexibility index (Phi) is 5.26. The fraction of sp³-hybridized carbons (Fsp3) is 1.00. The van der Waals surface area contributed by atoms with Crippen molar-refractivity contribution in [1.29, 1.82) is 0 Å². The summed E-state index contributed by atoms with van der Waals surface area (Å²) < 4.78 is 5.42. The zero-order chi connectivity index (χ0) is 12.1. The molecule has 2 rings (SSSR count). The predicted octanol–water partition coefficient (Wildman–Crippen LogP) is 1.83. The summed E-state index contributed by atoms with van der Waals surface area (Å²) in [5.74, 6) is 0.942. The van der Waals surface area contributed by atoms with Crippen LogP contribution in [0.5, 0.6) is 0 Å². The van der Waals surface area contributed by atoms with Gasteiger partial charge < -0.3 is 14.5 Å². The third-order valence-corrected chi connectivity index (χ3v) is 4.54. The van der Waals surface area contributed by atoms with E-state index in [2.05, 4.69) is 16.7 Å². The number of ether oxygens (including phenoxy) is 1. The van der Waals surface area contributed by atoms with Crippen LogP contribution in [0.4, 0.5) is 0 Å². The zero-order valence-electron chi connectivity index (χ0n) is 11.5. The molecule has 0 bridgehead atoms. The van der Waals surface area contributed by atoms with Gasteiger partial charge in [0.2, 0.25) is 0 Å². The van der Waals surface area contributed by atoms with Gasteiger partial charge in [0, 0.05) is 26.7 Å². The summed E-state index contributed by atoms with van der Waals surface area (Å²) in [6.45, 7) is 9.94. The lowest BCUT2D eigenvalue weighted by atomic mass is 9.95. The molecule has 2 saturated heterocycles. The predicted molar refractivity (Wildman–Crippen MR) is 71.3 cm³/mol. The van der Waals surface area contributed by atoms with E-state index in [4.69, 9.17) is 4.74 Å². The van der Waals surface area contributed by atoms with Gasteiger partial charge >= 0.3 is 0 Å². The van der Waals surface area contributed by atoms with Gasteiger partial charge in [0.15, 0.2) is 0 Å². The third-order valence-electron chi connectivity index (χ3n) is 4.54. The van der Waals surface area contributed by atoms with Gasteiger partial charge in [-0.3, -0.25) is 0 Å². The van der Waals surface area contributed by atoms with Gasteiger partial charge in [-0.15, -0.1) is 0 Å². The molecule has 0 spiro atoms. The molecule has 0 aromatic carbocycles. The van der Waals surface area contributed by atoms with Crippen molar-refractivity contribution < 1.29 is 4.74 Å². The van der Waals surface area contributed by atoms with Crippen molar-refractivity contribution in [3.05, 3.63) is 0 Å². The van der Waals surface area contributed by atoms with E-state index < -0.39 is 0 Å². The van der Waals surface area contributed by atoms with Crippen molar-refractivity contribution in [3.8, 4) is 0 Å². The molecule has 2 heterocycles. The lowest BCUT2D eigenvalue weighted by Crippen LogP contribution is -2.42. The first-order chi connectivity index (χ1) is 8.31. The monoisotopic (exact) mass is 240 g/mol. The van der Waals surface area contributed by atoms with Crippen molar-refractivity contribution in [1.82, 2.24) is 9.80 Å². The van der Waals surface area contributed by atoms with Crippen LogP contribution in [0, 0.1) is 5.92 Å². The Morgan fingerprint density at radius 2 is 1.53 bits per heavy atom. The van der Waals surface area contributed by atoms with Crippen LogP contribution in [-0.4, -0.2) is 62.3 Å². The van der Waals surface area contributed by atoms with Gasteiger partial charge in [0.25, 0.3) is 0 Å². The van der Waals surface area contributed by atoms with Crippen molar-refractivity contribution in [2.24, 2.45) is 5.92 Å². The van der Waals surface area contributed by atoms with Gasteiger partial charge in [-0.1, -0.05) is 6.92 Å². The molecule has 0 atom stereocenters. The Morgan fingerprint density at radius 3 is 2.06 bits per heavy atom. The van der Waals surface area contributed by atoms with Crippen LogP contribution in [0.1, 0.15) is 32.6 Å². The van der Waals surface area contributed by atoms with Crippen LogP contribution in [0.2, 0.25) is 0 Å². The summed E-state index contributed by atoms with van der Waals surface area (Å²) in [7, 11) is 1.85. The number of methoxy groups -OCH3 is 1. The topological polar surface area (TPSA) is 15.7 Å². The standard InChI is InChI=1S/C14H28N2O/c1-3-15-8-4-13(5-9-15)12-16-10-6-14(17-2)7-11-16/h13-14H,3-12H2,1-2H3. The molecule has 0 radical (unpaired) electrons. The molecule has 17 heavy (non-hydrogen) atoms. The number of nitrogens with zero attached hydrogens (tertiary/aromatic N) is 2. The van der Waals surface area contributed by atoms with Gasteiger partial charge in [-0.05, 0) is 51.2 Å². The van der Waals surface area contributed by atoms with E-state index in [1.807, 2.05) is 7.11 Å². The fourth-order valence-electron chi connectivity index (χ4n) is 3.18. The first-order valence-electron chi connectivity index (χ1n) is 7.29. The molecule has 3 heteroatoms. The lowest BCUT2D eigenvalue weighted by Gasteiger charge is -2.37. The highest BCUT2D eigenvalue weighted by Crippen LogP contribution is 2.21. The molecule has 0 amide bonds. The van der Waals surface area contributed by atoms with E-state index in [1.165, 1.54) is 65.0 Å². The Bertz CT molecular complexity index is 184. The minimum Gasteiger partial charge on any atom is -0.381 e. The molecule has 100 valence electrons. The number of hydrogen-bond acceptors (Lipinski definition) is 3. The van der Waals surface area contributed by atoms with Crippen LogP contribution in [0.25, 0.3) is 0 Å². The number of hydrogen-bond donors (Lipinski definition) is 0. The second-order valence-corrected chi connectivity index (χ2v) is 5.61. The molecule has 3 nitrogen and oxygen atoms in total. The highest BCUT2D eigenvalue weighted by atomic mass is 16.5. The van der Waals surface area contributed by atoms with Crippen molar-refractivity contribution in [3.63, 3.8) is 0 Å². The second kappa shape index (κ2) is 6.72. The highest BCUT2D eigenvalue weighted by molar-refractivity contribution is 4.78. The van der Waals surface area contributed by atoms with Crippen molar-refractivity contribution in [2.45, 2.75) is 38.7 Å². The van der Waals surface area contributed by atoms with Crippen LogP contribution in [0.3, 0.4) is 0 Å². The van der Waals surface area contributed by atoms with E-state index >= 15 is 0 Å². The molecule has 0 N–H and O–H groups in total. The van der Waals surface area contributed by atoms with Crippen molar-refractivity contribution in [2.75, 3.05) is 46.4 Å². The largest absolute Gasteiger partial charge is 0.381 e. The quantitative estimate of drug-likeness (QED) is 0.745. The summed E-state index contributed by atoms with van der Waals surface area (Å²) in [6.07, 6.45) is 5.78. The van der Waals surface area contributed by atoms with Crippen LogP contribution >= 0.6 is 0 Å². The molecule has 0 aromatic heterocycles. The van der Waals surface area contributed by atoms with E-state index in [9.17, 15) is 0 Å². The minimum absolute atomic E-state index is 0.521. The molecule has 0 saturated carbocycles. The molecular formula is C14H28N2O. The Morgan fingerprint density at radius 1 is 0.941 bits per heavy atom. The summed E-state index contributed by atoms with van der Waals surface area (Å²) >= 11 is 0. The summed E-state index contributed by atoms with van der Waals surface area (Å²) in [5.41, 5.74) is 0. The first kappa shape index (κ1) is 13.3. The minimum atomic E-state index is 0.521. The summed E-state index contributed by atoms with van der Waals surface area (Å²) in [4.78, 5) is 5.23. The molecule has 2 aliphatic heterocycles. The average Bonchev–Trinajstić information content (AvgIpc) is 2.40. The number of likely N-dealkylation sites (tertiary alicyclic amines) is 2. The van der Waals surface area contributed by atoms with Gasteiger partial charge in [0.05, 0.1) is 6.10 Å². The van der Waals surface area contributed by atoms with Gasteiger partial charge in [-0.2, -0.15) is 0 Å². The molecule has 2 aliphatic rings. The van der Waals surface area contributed by atoms with Crippen LogP contribution in [-0.2, 0) is 4.74 Å². The molecule has 0 aliphatic carbocycles. The third kappa shape index (κ3) is 3.94. The van der Waals surface area contributed by atoms with E-state index in [-0.39, 0.29) is 0 Å². The van der Waals surface area contributed by atoms with Gasteiger partial charge in [-0.25, -0.2) is 0 Å². The van der Waals surface area contributed by atoms with E-state index in [0.717, 1.165) is 5.92 Å². The maximum Gasteiger partial charge on any atom is 0.0595 e. The maximum atomic E-state index is 5.42. The lowest BCUT2D eigenvalue weighted by molar-refractivity contribution is 0.0323. The summed E-state index contributed by atoms with van der Waals surface area (Å²) in [5, 5.41) is 0. The second-order valence-electron chi connectivity index (χ2n) is 5.61. The Hall–Kier alpha value is -0.120. The SMILES string of the molecule is CCN1CCC(CN2CCC(OC)CC2)CC1. The highest BCUT2D eigenvalue weighted by Gasteiger charge is 2.23. The average molecular weight is 240 g/mol. The Labute approximate surface area is 106 Å². The smallest absolute Gasteiger partial charge is 0.0595 e. The van der Waals surface area contributed by atoms with Crippen molar-refractivity contribution >= 4 is 0 Å². The molecular weight excluding hydrogens is 212 g/mol. The maximum absolute atomic E-state index is 5.42. The van der Waals surface area contributed by atoms with Crippen LogP contribution < -0.4 is 0 Å². The number of rotatable bonds is 4. The zero-order valence-corrected chi connectivity index (χ0v) is 11.5. The number of piperidine rings is 2.